The van der Waals surface area contributed by atoms with Gasteiger partial charge in [-0.05, 0) is 49.4 Å². The Balaban J connectivity index is 1.81. The number of carbonyl (C=O) groups is 1. The van der Waals surface area contributed by atoms with Crippen LogP contribution in [0.3, 0.4) is 0 Å². The van der Waals surface area contributed by atoms with Crippen molar-refractivity contribution >= 4 is 33.0 Å². The third-order valence-corrected chi connectivity index (χ3v) is 5.72. The number of aryl methyl sites for hydroxylation is 1. The molecule has 0 unspecified atom stereocenters. The summed E-state index contributed by atoms with van der Waals surface area (Å²) in [6.07, 6.45) is -4.57. The van der Waals surface area contributed by atoms with Gasteiger partial charge in [-0.1, -0.05) is 35.9 Å². The van der Waals surface area contributed by atoms with E-state index in [1.54, 1.807) is 29.6 Å². The van der Waals surface area contributed by atoms with Gasteiger partial charge in [-0.3, -0.25) is 9.52 Å². The average molecular weight is 463 g/mol. The fourth-order valence-corrected chi connectivity index (χ4v) is 3.89. The molecule has 0 aromatic heterocycles. The number of rotatable bonds is 7. The molecule has 0 saturated heterocycles. The van der Waals surface area contributed by atoms with Crippen molar-refractivity contribution in [3.63, 3.8) is 0 Å². The van der Waals surface area contributed by atoms with Crippen molar-refractivity contribution < 1.29 is 26.4 Å². The van der Waals surface area contributed by atoms with Crippen molar-refractivity contribution in [2.75, 3.05) is 16.6 Å². The van der Waals surface area contributed by atoms with Gasteiger partial charge in [-0.25, -0.2) is 8.42 Å². The fraction of sp³-hybridized carbons (Fsp3) is 0.136. The van der Waals surface area contributed by atoms with E-state index in [0.29, 0.717) is 5.69 Å². The Morgan fingerprint density at radius 2 is 1.56 bits per heavy atom. The predicted octanol–water partition coefficient (Wildman–Crippen LogP) is 4.83. The molecule has 3 aromatic rings. The van der Waals surface area contributed by atoms with Gasteiger partial charge in [0.1, 0.15) is 6.54 Å². The number of hydrogen-bond acceptors (Lipinski definition) is 4. The van der Waals surface area contributed by atoms with Gasteiger partial charge >= 0.3 is 6.18 Å². The van der Waals surface area contributed by atoms with Crippen molar-refractivity contribution in [2.45, 2.75) is 18.0 Å². The van der Waals surface area contributed by atoms with E-state index in [-0.39, 0.29) is 16.1 Å². The molecule has 0 spiro atoms. The van der Waals surface area contributed by atoms with Crippen LogP contribution >= 0.6 is 0 Å². The van der Waals surface area contributed by atoms with Crippen LogP contribution in [-0.2, 0) is 10.0 Å². The van der Waals surface area contributed by atoms with E-state index in [1.165, 1.54) is 18.2 Å². The molecule has 0 aliphatic heterocycles. The molecule has 32 heavy (non-hydrogen) atoms. The minimum Gasteiger partial charge on any atom is -0.354 e. The van der Waals surface area contributed by atoms with Crippen molar-refractivity contribution in [1.82, 2.24) is 5.32 Å². The van der Waals surface area contributed by atoms with E-state index >= 15 is 0 Å². The zero-order chi connectivity index (χ0) is 23.4. The molecular formula is C22H20F3N3O3S. The topological polar surface area (TPSA) is 87.3 Å². The molecule has 6 nitrogen and oxygen atoms in total. The Bertz CT molecular complexity index is 1210. The summed E-state index contributed by atoms with van der Waals surface area (Å²) in [7, 11) is -4.13. The maximum absolute atomic E-state index is 12.9. The van der Waals surface area contributed by atoms with Gasteiger partial charge < -0.3 is 10.6 Å². The number of carbonyl (C=O) groups excluding carboxylic acids is 1. The van der Waals surface area contributed by atoms with Gasteiger partial charge in [-0.15, -0.1) is 0 Å². The molecule has 0 heterocycles. The van der Waals surface area contributed by atoms with Gasteiger partial charge in [0.05, 0.1) is 16.3 Å². The van der Waals surface area contributed by atoms with Crippen LogP contribution in [-0.4, -0.2) is 27.0 Å². The summed E-state index contributed by atoms with van der Waals surface area (Å²) in [5, 5.41) is 4.86. The maximum Gasteiger partial charge on any atom is 0.405 e. The summed E-state index contributed by atoms with van der Waals surface area (Å²) in [5.41, 5.74) is 2.39. The van der Waals surface area contributed by atoms with Crippen LogP contribution < -0.4 is 15.4 Å². The highest BCUT2D eigenvalue weighted by atomic mass is 32.2. The molecule has 0 radical (unpaired) electrons. The number of anilines is 3. The number of alkyl halides is 3. The van der Waals surface area contributed by atoms with E-state index in [2.05, 4.69) is 10.0 Å². The fourth-order valence-electron chi connectivity index (χ4n) is 2.76. The summed E-state index contributed by atoms with van der Waals surface area (Å²) in [5.74, 6) is -1.03. The Hall–Kier alpha value is -3.53. The zero-order valence-electron chi connectivity index (χ0n) is 16.9. The van der Waals surface area contributed by atoms with Crippen molar-refractivity contribution in [3.8, 4) is 0 Å². The first kappa shape index (κ1) is 23.1. The third-order valence-electron chi connectivity index (χ3n) is 4.36. The standard InChI is InChI=1S/C22H20F3N3O3S/c1-15-9-11-17(12-10-15)27-19-7-2-3-8-20(19)28-32(30,31)18-6-4-5-16(13-18)21(29)26-14-22(23,24)25/h2-13,27-28H,14H2,1H3,(H,26,29). The van der Waals surface area contributed by atoms with Crippen LogP contribution in [0.5, 0.6) is 0 Å². The predicted molar refractivity (Wildman–Crippen MR) is 117 cm³/mol. The lowest BCUT2D eigenvalue weighted by atomic mass is 10.2. The lowest BCUT2D eigenvalue weighted by Gasteiger charge is -2.15. The summed E-state index contributed by atoms with van der Waals surface area (Å²) in [6, 6.07) is 18.9. The number of para-hydroxylation sites is 2. The van der Waals surface area contributed by atoms with E-state index < -0.39 is 28.7 Å². The van der Waals surface area contributed by atoms with Gasteiger partial charge in [-0.2, -0.15) is 13.2 Å². The smallest absolute Gasteiger partial charge is 0.354 e. The van der Waals surface area contributed by atoms with Gasteiger partial charge in [0.2, 0.25) is 0 Å². The molecule has 3 rings (SSSR count). The monoisotopic (exact) mass is 463 g/mol. The van der Waals surface area contributed by atoms with Crippen molar-refractivity contribution in [2.24, 2.45) is 0 Å². The summed E-state index contributed by atoms with van der Waals surface area (Å²) >= 11 is 0. The Labute approximate surface area is 183 Å². The van der Waals surface area contributed by atoms with Crippen molar-refractivity contribution in [1.29, 1.82) is 0 Å². The second kappa shape index (κ2) is 9.31. The minimum absolute atomic E-state index is 0.205. The minimum atomic E-state index is -4.57. The van der Waals surface area contributed by atoms with Crippen LogP contribution in [0.2, 0.25) is 0 Å². The molecule has 0 aliphatic rings. The maximum atomic E-state index is 12.9. The first-order chi connectivity index (χ1) is 15.0. The lowest BCUT2D eigenvalue weighted by Crippen LogP contribution is -2.33. The Morgan fingerprint density at radius 3 is 2.22 bits per heavy atom. The van der Waals surface area contributed by atoms with Crippen LogP contribution in [0.4, 0.5) is 30.2 Å². The highest BCUT2D eigenvalue weighted by molar-refractivity contribution is 7.92. The number of nitrogens with one attached hydrogen (secondary N) is 3. The normalized spacial score (nSPS) is 11.6. The van der Waals surface area contributed by atoms with E-state index in [4.69, 9.17) is 0 Å². The molecule has 10 heteroatoms. The summed E-state index contributed by atoms with van der Waals surface area (Å²) in [6.45, 7) is 0.433. The quantitative estimate of drug-likeness (QED) is 0.468. The summed E-state index contributed by atoms with van der Waals surface area (Å²) in [4.78, 5) is 11.7. The Kier molecular flexibility index (Phi) is 6.73. The molecule has 1 amide bonds. The van der Waals surface area contributed by atoms with E-state index in [0.717, 1.165) is 17.3 Å². The van der Waals surface area contributed by atoms with E-state index in [9.17, 15) is 26.4 Å². The molecule has 0 saturated carbocycles. The van der Waals surface area contributed by atoms with Crippen molar-refractivity contribution in [3.05, 3.63) is 83.9 Å². The van der Waals surface area contributed by atoms with Gasteiger partial charge in [0.15, 0.2) is 0 Å². The number of benzene rings is 3. The molecule has 168 valence electrons. The number of hydrogen-bond donors (Lipinski definition) is 3. The highest BCUT2D eigenvalue weighted by Gasteiger charge is 2.28. The average Bonchev–Trinajstić information content (AvgIpc) is 2.74. The Morgan fingerprint density at radius 1 is 0.906 bits per heavy atom. The first-order valence-corrected chi connectivity index (χ1v) is 10.9. The molecule has 3 aromatic carbocycles. The number of halogens is 3. The lowest BCUT2D eigenvalue weighted by molar-refractivity contribution is -0.123. The van der Waals surface area contributed by atoms with Gasteiger partial charge in [0.25, 0.3) is 15.9 Å². The molecule has 3 N–H and O–H groups in total. The number of amides is 1. The summed E-state index contributed by atoms with van der Waals surface area (Å²) < 4.78 is 65.2. The largest absolute Gasteiger partial charge is 0.405 e. The third kappa shape index (κ3) is 6.24. The molecule has 0 fully saturated rings. The second-order valence-electron chi connectivity index (χ2n) is 6.97. The number of sulfonamides is 1. The second-order valence-corrected chi connectivity index (χ2v) is 8.65. The van der Waals surface area contributed by atoms with Gasteiger partial charge in [0, 0.05) is 11.3 Å². The molecule has 0 bridgehead atoms. The highest BCUT2D eigenvalue weighted by Crippen LogP contribution is 2.28. The van der Waals surface area contributed by atoms with E-state index in [1.807, 2.05) is 31.2 Å². The first-order valence-electron chi connectivity index (χ1n) is 9.44. The molecule has 0 aliphatic carbocycles. The van der Waals surface area contributed by atoms with Crippen LogP contribution in [0.25, 0.3) is 0 Å². The molecular weight excluding hydrogens is 443 g/mol. The molecule has 0 atom stereocenters. The zero-order valence-corrected chi connectivity index (χ0v) is 17.7. The SMILES string of the molecule is Cc1ccc(Nc2ccccc2NS(=O)(=O)c2cccc(C(=O)NCC(F)(F)F)c2)cc1. The van der Waals surface area contributed by atoms with Crippen LogP contribution in [0, 0.1) is 6.92 Å². The van der Waals surface area contributed by atoms with Crippen LogP contribution in [0.15, 0.2) is 77.7 Å². The van der Waals surface area contributed by atoms with Crippen LogP contribution in [0.1, 0.15) is 15.9 Å².